The number of amides is 2. The normalized spacial score (nSPS) is 16.8. The smallest absolute Gasteiger partial charge is 0.255 e. The fourth-order valence-corrected chi connectivity index (χ4v) is 3.20. The van der Waals surface area contributed by atoms with E-state index in [0.717, 1.165) is 24.3 Å². The molecule has 1 aromatic carbocycles. The highest BCUT2D eigenvalue weighted by Crippen LogP contribution is 2.25. The molecule has 3 rings (SSSR count). The summed E-state index contributed by atoms with van der Waals surface area (Å²) >= 11 is 0. The van der Waals surface area contributed by atoms with E-state index in [2.05, 4.69) is 17.3 Å². The second-order valence-electron chi connectivity index (χ2n) is 6.45. The van der Waals surface area contributed by atoms with E-state index in [1.54, 1.807) is 18.2 Å². The third kappa shape index (κ3) is 3.56. The quantitative estimate of drug-likeness (QED) is 0.860. The molecule has 0 radical (unpaired) electrons. The van der Waals surface area contributed by atoms with Crippen molar-refractivity contribution in [1.29, 1.82) is 0 Å². The molecule has 2 aromatic rings. The maximum Gasteiger partial charge on any atom is 0.255 e. The van der Waals surface area contributed by atoms with Crippen LogP contribution >= 0.6 is 0 Å². The molecule has 7 heteroatoms. The lowest BCUT2D eigenvalue weighted by Crippen LogP contribution is -2.37. The van der Waals surface area contributed by atoms with Gasteiger partial charge in [-0.05, 0) is 25.5 Å². The maximum atomic E-state index is 12.6. The van der Waals surface area contributed by atoms with Crippen LogP contribution in [0.15, 0.2) is 30.5 Å². The molecule has 1 fully saturated rings. The van der Waals surface area contributed by atoms with Crippen LogP contribution in [0.5, 0.6) is 5.75 Å². The summed E-state index contributed by atoms with van der Waals surface area (Å²) in [7, 11) is 1.59. The predicted molar refractivity (Wildman–Crippen MR) is 98.5 cm³/mol. The van der Waals surface area contributed by atoms with Crippen LogP contribution in [0.2, 0.25) is 0 Å². The molecule has 0 aliphatic carbocycles. The van der Waals surface area contributed by atoms with Crippen LogP contribution in [0.3, 0.4) is 0 Å². The molecular weight excluding hydrogens is 332 g/mol. The van der Waals surface area contributed by atoms with Crippen molar-refractivity contribution in [2.45, 2.75) is 39.3 Å². The lowest BCUT2D eigenvalue weighted by atomic mass is 10.2. The van der Waals surface area contributed by atoms with Crippen molar-refractivity contribution in [2.24, 2.45) is 0 Å². The van der Waals surface area contributed by atoms with Gasteiger partial charge in [0.25, 0.3) is 5.91 Å². The zero-order valence-electron chi connectivity index (χ0n) is 15.4. The Morgan fingerprint density at radius 2 is 2.23 bits per heavy atom. The number of carbonyl (C=O) groups excluding carboxylic acids is 2. The predicted octanol–water partition coefficient (Wildman–Crippen LogP) is 2.15. The number of aromatic nitrogens is 2. The first-order valence-electron chi connectivity index (χ1n) is 8.81. The van der Waals surface area contributed by atoms with Crippen LogP contribution in [-0.2, 0) is 11.3 Å². The first-order valence-corrected chi connectivity index (χ1v) is 8.81. The van der Waals surface area contributed by atoms with Crippen LogP contribution in [0.4, 0.5) is 5.69 Å². The first kappa shape index (κ1) is 18.0. The summed E-state index contributed by atoms with van der Waals surface area (Å²) < 4.78 is 7.05. The summed E-state index contributed by atoms with van der Waals surface area (Å²) in [6, 6.07) is 7.14. The minimum atomic E-state index is -0.227. The molecule has 0 unspecified atom stereocenters. The van der Waals surface area contributed by atoms with Gasteiger partial charge >= 0.3 is 0 Å². The Labute approximate surface area is 152 Å². The lowest BCUT2D eigenvalue weighted by molar-refractivity contribution is -0.117. The van der Waals surface area contributed by atoms with Crippen LogP contribution in [0.25, 0.3) is 0 Å². The summed E-state index contributed by atoms with van der Waals surface area (Å²) in [5.74, 6) is 0.499. The van der Waals surface area contributed by atoms with Gasteiger partial charge in [0.05, 0.1) is 24.9 Å². The Hall–Kier alpha value is -2.83. The number of hydrogen-bond donors (Lipinski definition) is 1. The zero-order valence-corrected chi connectivity index (χ0v) is 15.4. The Kier molecular flexibility index (Phi) is 5.25. The Bertz CT molecular complexity index is 815. The van der Waals surface area contributed by atoms with Crippen molar-refractivity contribution in [2.75, 3.05) is 18.6 Å². The molecule has 1 aliphatic heterocycles. The minimum Gasteiger partial charge on any atom is -0.497 e. The first-order chi connectivity index (χ1) is 12.5. The molecule has 2 amide bonds. The second-order valence-corrected chi connectivity index (χ2v) is 6.45. The number of nitrogens with one attached hydrogen (secondary N) is 1. The van der Waals surface area contributed by atoms with Gasteiger partial charge in [-0.25, -0.2) is 0 Å². The SMILES string of the molecule is CCCn1ncc(C(=O)N[C@@H]2CC(=O)N(c3cccc(OC)c3)C2)c1C. The van der Waals surface area contributed by atoms with Gasteiger partial charge in [0.2, 0.25) is 5.91 Å². The molecule has 1 saturated heterocycles. The van der Waals surface area contributed by atoms with Gasteiger partial charge in [0.15, 0.2) is 0 Å². The third-order valence-corrected chi connectivity index (χ3v) is 4.61. The van der Waals surface area contributed by atoms with Crippen LogP contribution in [-0.4, -0.2) is 41.3 Å². The number of rotatable bonds is 6. The van der Waals surface area contributed by atoms with Gasteiger partial charge in [-0.3, -0.25) is 14.3 Å². The van der Waals surface area contributed by atoms with Crippen molar-refractivity contribution < 1.29 is 14.3 Å². The molecule has 1 atom stereocenters. The van der Waals surface area contributed by atoms with Crippen molar-refractivity contribution in [3.63, 3.8) is 0 Å². The highest BCUT2D eigenvalue weighted by Gasteiger charge is 2.32. The number of methoxy groups -OCH3 is 1. The molecule has 2 heterocycles. The Morgan fingerprint density at radius 3 is 2.96 bits per heavy atom. The summed E-state index contributed by atoms with van der Waals surface area (Å²) in [5.41, 5.74) is 2.18. The number of benzene rings is 1. The zero-order chi connectivity index (χ0) is 18.7. The van der Waals surface area contributed by atoms with Gasteiger partial charge in [-0.1, -0.05) is 13.0 Å². The van der Waals surface area contributed by atoms with Crippen LogP contribution in [0.1, 0.15) is 35.8 Å². The Morgan fingerprint density at radius 1 is 1.42 bits per heavy atom. The van der Waals surface area contributed by atoms with E-state index < -0.39 is 0 Å². The molecule has 0 saturated carbocycles. The standard InChI is InChI=1S/C19H24N4O3/c1-4-8-23-13(2)17(11-20-23)19(25)21-14-9-18(24)22(12-14)15-6-5-7-16(10-15)26-3/h5-7,10-11,14H,4,8-9,12H2,1-3H3,(H,21,25)/t14-/m1/s1. The van der Waals surface area contributed by atoms with E-state index >= 15 is 0 Å². The highest BCUT2D eigenvalue weighted by molar-refractivity contribution is 5.99. The Balaban J connectivity index is 1.68. The van der Waals surface area contributed by atoms with E-state index in [9.17, 15) is 9.59 Å². The van der Waals surface area contributed by atoms with E-state index in [1.165, 1.54) is 0 Å². The lowest BCUT2D eigenvalue weighted by Gasteiger charge is -2.18. The summed E-state index contributed by atoms with van der Waals surface area (Å²) in [4.78, 5) is 26.6. The van der Waals surface area contributed by atoms with Crippen LogP contribution < -0.4 is 15.0 Å². The van der Waals surface area contributed by atoms with Crippen molar-refractivity contribution >= 4 is 17.5 Å². The van der Waals surface area contributed by atoms with Crippen molar-refractivity contribution in [3.05, 3.63) is 41.7 Å². The number of ether oxygens (including phenoxy) is 1. The van der Waals surface area contributed by atoms with Gasteiger partial charge in [0.1, 0.15) is 5.75 Å². The fourth-order valence-electron chi connectivity index (χ4n) is 3.20. The van der Waals surface area contributed by atoms with Gasteiger partial charge in [-0.2, -0.15) is 5.10 Å². The number of aryl methyl sites for hydroxylation is 1. The molecular formula is C19H24N4O3. The topological polar surface area (TPSA) is 76.5 Å². The third-order valence-electron chi connectivity index (χ3n) is 4.61. The van der Waals surface area contributed by atoms with Gasteiger partial charge in [0, 0.05) is 37.0 Å². The number of nitrogens with zero attached hydrogens (tertiary/aromatic N) is 3. The van der Waals surface area contributed by atoms with Crippen molar-refractivity contribution in [3.8, 4) is 5.75 Å². The van der Waals surface area contributed by atoms with E-state index in [4.69, 9.17) is 4.74 Å². The van der Waals surface area contributed by atoms with E-state index in [1.807, 2.05) is 35.9 Å². The molecule has 1 aliphatic rings. The van der Waals surface area contributed by atoms with Crippen molar-refractivity contribution in [1.82, 2.24) is 15.1 Å². The molecule has 7 nitrogen and oxygen atoms in total. The summed E-state index contributed by atoms with van der Waals surface area (Å²) in [6.07, 6.45) is 2.83. The average molecular weight is 356 g/mol. The molecule has 138 valence electrons. The minimum absolute atomic E-state index is 0.0121. The molecule has 0 bridgehead atoms. The number of anilines is 1. The molecule has 0 spiro atoms. The number of hydrogen-bond acceptors (Lipinski definition) is 4. The number of carbonyl (C=O) groups is 2. The van der Waals surface area contributed by atoms with Gasteiger partial charge in [-0.15, -0.1) is 0 Å². The van der Waals surface area contributed by atoms with E-state index in [-0.39, 0.29) is 24.3 Å². The second kappa shape index (κ2) is 7.59. The average Bonchev–Trinajstić information content (AvgIpc) is 3.18. The maximum absolute atomic E-state index is 12.6. The molecule has 26 heavy (non-hydrogen) atoms. The molecule has 1 N–H and O–H groups in total. The highest BCUT2D eigenvalue weighted by atomic mass is 16.5. The monoisotopic (exact) mass is 356 g/mol. The summed E-state index contributed by atoms with van der Waals surface area (Å²) in [5, 5.41) is 7.23. The fraction of sp³-hybridized carbons (Fsp3) is 0.421. The van der Waals surface area contributed by atoms with Gasteiger partial charge < -0.3 is 15.0 Å². The largest absolute Gasteiger partial charge is 0.497 e. The van der Waals surface area contributed by atoms with Crippen LogP contribution in [0, 0.1) is 6.92 Å². The molecule has 1 aromatic heterocycles. The van der Waals surface area contributed by atoms with E-state index in [0.29, 0.717) is 17.9 Å². The summed E-state index contributed by atoms with van der Waals surface area (Å²) in [6.45, 7) is 5.18.